The molecular formula is C15H15O3P. The van der Waals surface area contributed by atoms with Crippen LogP contribution in [0.3, 0.4) is 0 Å². The Hall–Kier alpha value is -1.73. The van der Waals surface area contributed by atoms with Crippen molar-refractivity contribution in [3.8, 4) is 0 Å². The average Bonchev–Trinajstić information content (AvgIpc) is 3.10. The number of hydrogen-bond acceptors (Lipinski definition) is 3. The maximum absolute atomic E-state index is 5.46. The summed E-state index contributed by atoms with van der Waals surface area (Å²) in [4.78, 5) is 0. The molecule has 0 aromatic carbocycles. The Labute approximate surface area is 113 Å². The Morgan fingerprint density at radius 2 is 1.00 bits per heavy atom. The van der Waals surface area contributed by atoms with E-state index in [0.717, 1.165) is 35.8 Å². The van der Waals surface area contributed by atoms with E-state index in [0.29, 0.717) is 0 Å². The van der Waals surface area contributed by atoms with Crippen molar-refractivity contribution >= 4 is 7.92 Å². The van der Waals surface area contributed by atoms with Crippen molar-refractivity contribution in [3.05, 3.63) is 72.5 Å². The van der Waals surface area contributed by atoms with Crippen molar-refractivity contribution in [2.75, 3.05) is 0 Å². The summed E-state index contributed by atoms with van der Waals surface area (Å²) >= 11 is 0. The molecule has 3 heterocycles. The van der Waals surface area contributed by atoms with E-state index in [1.165, 1.54) is 0 Å². The van der Waals surface area contributed by atoms with Gasteiger partial charge in [0.1, 0.15) is 17.3 Å². The van der Waals surface area contributed by atoms with Crippen LogP contribution in [-0.2, 0) is 18.5 Å². The SMILES string of the molecule is c1coc(CP(Cc2ccco2)Cc2ccco2)c1. The summed E-state index contributed by atoms with van der Waals surface area (Å²) in [6.45, 7) is 0. The normalized spacial score (nSPS) is 11.2. The maximum atomic E-state index is 5.46. The molecule has 0 N–H and O–H groups in total. The molecule has 0 bridgehead atoms. The van der Waals surface area contributed by atoms with Crippen LogP contribution in [-0.4, -0.2) is 0 Å². The Kier molecular flexibility index (Phi) is 3.85. The van der Waals surface area contributed by atoms with Crippen LogP contribution in [0.15, 0.2) is 68.4 Å². The van der Waals surface area contributed by atoms with Gasteiger partial charge in [-0.1, -0.05) is 7.92 Å². The van der Waals surface area contributed by atoms with Crippen LogP contribution in [0.25, 0.3) is 0 Å². The number of hydrogen-bond donors (Lipinski definition) is 0. The average molecular weight is 274 g/mol. The lowest BCUT2D eigenvalue weighted by atomic mass is 10.5. The second kappa shape index (κ2) is 5.94. The predicted molar refractivity (Wildman–Crippen MR) is 74.2 cm³/mol. The largest absolute Gasteiger partial charge is 0.469 e. The van der Waals surface area contributed by atoms with E-state index in [2.05, 4.69) is 0 Å². The molecule has 0 unspecified atom stereocenters. The van der Waals surface area contributed by atoms with E-state index in [1.54, 1.807) is 18.8 Å². The first kappa shape index (κ1) is 12.3. The third kappa shape index (κ3) is 3.39. The molecule has 0 aliphatic heterocycles. The highest BCUT2D eigenvalue weighted by Crippen LogP contribution is 2.46. The van der Waals surface area contributed by atoms with Gasteiger partial charge >= 0.3 is 0 Å². The zero-order chi connectivity index (χ0) is 12.9. The molecule has 0 atom stereocenters. The Morgan fingerprint density at radius 1 is 0.632 bits per heavy atom. The summed E-state index contributed by atoms with van der Waals surface area (Å²) in [5.74, 6) is 3.10. The molecule has 0 saturated heterocycles. The molecule has 0 radical (unpaired) electrons. The second-order valence-electron chi connectivity index (χ2n) is 4.38. The third-order valence-corrected chi connectivity index (χ3v) is 5.16. The Balaban J connectivity index is 1.70. The molecule has 0 fully saturated rings. The van der Waals surface area contributed by atoms with Crippen LogP contribution in [0.1, 0.15) is 17.3 Å². The minimum Gasteiger partial charge on any atom is -0.469 e. The van der Waals surface area contributed by atoms with E-state index >= 15 is 0 Å². The Morgan fingerprint density at radius 3 is 1.26 bits per heavy atom. The topological polar surface area (TPSA) is 39.4 Å². The quantitative estimate of drug-likeness (QED) is 0.603. The Bertz CT molecular complexity index is 481. The molecule has 3 rings (SSSR count). The standard InChI is InChI=1S/C15H15O3P/c1-4-13(16-7-1)10-19(11-14-5-2-8-17-14)12-15-6-3-9-18-15/h1-9H,10-12H2. The maximum Gasteiger partial charge on any atom is 0.108 e. The van der Waals surface area contributed by atoms with Crippen molar-refractivity contribution in [1.29, 1.82) is 0 Å². The van der Waals surface area contributed by atoms with Crippen LogP contribution >= 0.6 is 7.92 Å². The van der Waals surface area contributed by atoms with Crippen molar-refractivity contribution in [2.24, 2.45) is 0 Å². The lowest BCUT2D eigenvalue weighted by Crippen LogP contribution is -1.90. The van der Waals surface area contributed by atoms with Gasteiger partial charge in [0, 0.05) is 18.5 Å². The molecular weight excluding hydrogens is 259 g/mol. The predicted octanol–water partition coefficient (Wildman–Crippen LogP) is 4.85. The highest BCUT2D eigenvalue weighted by Gasteiger charge is 2.15. The first-order valence-electron chi connectivity index (χ1n) is 6.19. The van der Waals surface area contributed by atoms with E-state index < -0.39 is 0 Å². The summed E-state index contributed by atoms with van der Waals surface area (Å²) in [7, 11) is -0.294. The van der Waals surface area contributed by atoms with Gasteiger partial charge in [0.15, 0.2) is 0 Å². The summed E-state index contributed by atoms with van der Waals surface area (Å²) in [5.41, 5.74) is 0. The first-order valence-corrected chi connectivity index (χ1v) is 8.09. The van der Waals surface area contributed by atoms with Gasteiger partial charge in [0.25, 0.3) is 0 Å². The molecule has 0 aliphatic carbocycles. The van der Waals surface area contributed by atoms with Crippen LogP contribution in [0, 0.1) is 0 Å². The fourth-order valence-electron chi connectivity index (χ4n) is 2.04. The number of rotatable bonds is 6. The highest BCUT2D eigenvalue weighted by atomic mass is 31.1. The zero-order valence-corrected chi connectivity index (χ0v) is 11.4. The van der Waals surface area contributed by atoms with Crippen molar-refractivity contribution < 1.29 is 13.3 Å². The van der Waals surface area contributed by atoms with Gasteiger partial charge in [0.2, 0.25) is 0 Å². The molecule has 98 valence electrons. The van der Waals surface area contributed by atoms with Gasteiger partial charge in [0.05, 0.1) is 18.8 Å². The molecule has 0 spiro atoms. The minimum absolute atomic E-state index is 0.294. The molecule has 0 amide bonds. The van der Waals surface area contributed by atoms with Crippen LogP contribution in [0.5, 0.6) is 0 Å². The van der Waals surface area contributed by atoms with Gasteiger partial charge in [-0.2, -0.15) is 0 Å². The smallest absolute Gasteiger partial charge is 0.108 e. The molecule has 0 aliphatic rings. The fourth-order valence-corrected chi connectivity index (χ4v) is 4.23. The van der Waals surface area contributed by atoms with E-state index in [4.69, 9.17) is 13.3 Å². The van der Waals surface area contributed by atoms with Crippen molar-refractivity contribution in [1.82, 2.24) is 0 Å². The van der Waals surface area contributed by atoms with Gasteiger partial charge < -0.3 is 13.3 Å². The van der Waals surface area contributed by atoms with E-state index in [9.17, 15) is 0 Å². The lowest BCUT2D eigenvalue weighted by Gasteiger charge is -2.13. The van der Waals surface area contributed by atoms with Crippen molar-refractivity contribution in [2.45, 2.75) is 18.5 Å². The summed E-state index contributed by atoms with van der Waals surface area (Å²) in [6, 6.07) is 11.9. The molecule has 3 aromatic heterocycles. The highest BCUT2D eigenvalue weighted by molar-refractivity contribution is 7.55. The minimum atomic E-state index is -0.294. The monoisotopic (exact) mass is 274 g/mol. The van der Waals surface area contributed by atoms with Gasteiger partial charge in [-0.3, -0.25) is 0 Å². The fraction of sp³-hybridized carbons (Fsp3) is 0.200. The van der Waals surface area contributed by atoms with E-state index in [1.807, 2.05) is 36.4 Å². The van der Waals surface area contributed by atoms with Crippen LogP contribution in [0.4, 0.5) is 0 Å². The number of furan rings is 3. The summed E-state index contributed by atoms with van der Waals surface area (Å²) < 4.78 is 16.4. The molecule has 0 saturated carbocycles. The summed E-state index contributed by atoms with van der Waals surface area (Å²) in [6.07, 6.45) is 8.02. The van der Waals surface area contributed by atoms with Gasteiger partial charge in [-0.25, -0.2) is 0 Å². The summed E-state index contributed by atoms with van der Waals surface area (Å²) in [5, 5.41) is 0. The van der Waals surface area contributed by atoms with Gasteiger partial charge in [-0.05, 0) is 36.4 Å². The lowest BCUT2D eigenvalue weighted by molar-refractivity contribution is 0.518. The van der Waals surface area contributed by atoms with E-state index in [-0.39, 0.29) is 7.92 Å². The first-order chi connectivity index (χ1) is 9.40. The second-order valence-corrected chi connectivity index (χ2v) is 6.67. The van der Waals surface area contributed by atoms with Crippen LogP contribution < -0.4 is 0 Å². The molecule has 3 nitrogen and oxygen atoms in total. The zero-order valence-electron chi connectivity index (χ0n) is 10.5. The van der Waals surface area contributed by atoms with Crippen LogP contribution in [0.2, 0.25) is 0 Å². The molecule has 19 heavy (non-hydrogen) atoms. The molecule has 3 aromatic rings. The third-order valence-electron chi connectivity index (χ3n) is 2.88. The van der Waals surface area contributed by atoms with Gasteiger partial charge in [-0.15, -0.1) is 0 Å². The molecule has 4 heteroatoms. The van der Waals surface area contributed by atoms with Crippen molar-refractivity contribution in [3.63, 3.8) is 0 Å².